The highest BCUT2D eigenvalue weighted by Gasteiger charge is 2.23. The minimum absolute atomic E-state index is 0.0893. The third-order valence-corrected chi connectivity index (χ3v) is 4.21. The van der Waals surface area contributed by atoms with E-state index in [1.807, 2.05) is 18.0 Å². The summed E-state index contributed by atoms with van der Waals surface area (Å²) in [7, 11) is 1.94. The fourth-order valence-corrected chi connectivity index (χ4v) is 1.75. The summed E-state index contributed by atoms with van der Waals surface area (Å²) in [5, 5.41) is 11.3. The van der Waals surface area contributed by atoms with Gasteiger partial charge in [-0.05, 0) is 26.0 Å². The SMILES string of the molecule is CN(c1ccc2n[nH]c(=O)n2n1)C(C)(C)CBr. The summed E-state index contributed by atoms with van der Waals surface area (Å²) >= 11 is 3.47. The number of alkyl halides is 1. The fourth-order valence-electron chi connectivity index (χ4n) is 1.37. The first-order valence-corrected chi connectivity index (χ1v) is 6.32. The summed E-state index contributed by atoms with van der Waals surface area (Å²) in [5.41, 5.74) is 0.101. The Labute approximate surface area is 107 Å². The van der Waals surface area contributed by atoms with Crippen LogP contribution in [-0.2, 0) is 0 Å². The Kier molecular flexibility index (Phi) is 2.94. The largest absolute Gasteiger partial charge is 0.364 e. The molecule has 2 heterocycles. The third-order valence-electron chi connectivity index (χ3n) is 2.84. The Balaban J connectivity index is 2.49. The van der Waals surface area contributed by atoms with Gasteiger partial charge in [-0.3, -0.25) is 0 Å². The van der Waals surface area contributed by atoms with Gasteiger partial charge in [0.05, 0.1) is 0 Å². The van der Waals surface area contributed by atoms with Crippen molar-refractivity contribution < 1.29 is 0 Å². The van der Waals surface area contributed by atoms with E-state index in [1.165, 1.54) is 4.52 Å². The summed E-state index contributed by atoms with van der Waals surface area (Å²) in [6.07, 6.45) is 0. The topological polar surface area (TPSA) is 66.3 Å². The molecular formula is C10H14BrN5O. The normalized spacial score (nSPS) is 12.0. The highest BCUT2D eigenvalue weighted by molar-refractivity contribution is 9.09. The molecule has 0 aliphatic heterocycles. The van der Waals surface area contributed by atoms with Crippen LogP contribution in [0.2, 0.25) is 0 Å². The van der Waals surface area contributed by atoms with E-state index in [0.29, 0.717) is 5.65 Å². The van der Waals surface area contributed by atoms with E-state index in [-0.39, 0.29) is 11.2 Å². The number of hydrogen-bond donors (Lipinski definition) is 1. The van der Waals surface area contributed by atoms with Crippen molar-refractivity contribution in [3.05, 3.63) is 22.6 Å². The smallest absolute Gasteiger partial charge is 0.352 e. The first kappa shape index (κ1) is 12.1. The van der Waals surface area contributed by atoms with Crippen molar-refractivity contribution in [2.75, 3.05) is 17.3 Å². The number of H-pyrrole nitrogens is 1. The molecule has 0 saturated heterocycles. The molecule has 2 aromatic heterocycles. The maximum atomic E-state index is 11.4. The van der Waals surface area contributed by atoms with E-state index in [4.69, 9.17) is 0 Å². The minimum atomic E-state index is -0.327. The molecule has 0 spiro atoms. The third kappa shape index (κ3) is 2.06. The van der Waals surface area contributed by atoms with Crippen molar-refractivity contribution in [1.29, 1.82) is 0 Å². The molecule has 0 fully saturated rings. The number of nitrogens with zero attached hydrogens (tertiary/aromatic N) is 4. The monoisotopic (exact) mass is 299 g/mol. The molecule has 0 aliphatic rings. The van der Waals surface area contributed by atoms with Gasteiger partial charge in [0.1, 0.15) is 5.82 Å². The van der Waals surface area contributed by atoms with Gasteiger partial charge in [-0.1, -0.05) is 15.9 Å². The zero-order chi connectivity index (χ0) is 12.6. The van der Waals surface area contributed by atoms with Crippen LogP contribution in [0.15, 0.2) is 16.9 Å². The van der Waals surface area contributed by atoms with Gasteiger partial charge in [-0.2, -0.15) is 9.61 Å². The van der Waals surface area contributed by atoms with Crippen molar-refractivity contribution in [2.24, 2.45) is 0 Å². The lowest BCUT2D eigenvalue weighted by Gasteiger charge is -2.34. The predicted molar refractivity (Wildman–Crippen MR) is 69.9 cm³/mol. The van der Waals surface area contributed by atoms with Gasteiger partial charge >= 0.3 is 5.69 Å². The van der Waals surface area contributed by atoms with Gasteiger partial charge < -0.3 is 4.90 Å². The molecule has 0 unspecified atom stereocenters. The van der Waals surface area contributed by atoms with Crippen LogP contribution < -0.4 is 10.6 Å². The van der Waals surface area contributed by atoms with Gasteiger partial charge in [0.2, 0.25) is 0 Å². The molecule has 0 atom stereocenters. The molecule has 0 radical (unpaired) electrons. The Morgan fingerprint density at radius 3 is 2.88 bits per heavy atom. The zero-order valence-corrected chi connectivity index (χ0v) is 11.5. The zero-order valence-electron chi connectivity index (χ0n) is 9.94. The molecular weight excluding hydrogens is 286 g/mol. The van der Waals surface area contributed by atoms with Crippen LogP contribution in [0.4, 0.5) is 5.82 Å². The van der Waals surface area contributed by atoms with Crippen LogP contribution in [0.1, 0.15) is 13.8 Å². The van der Waals surface area contributed by atoms with Crippen LogP contribution in [0.25, 0.3) is 5.65 Å². The van der Waals surface area contributed by atoms with E-state index in [1.54, 1.807) is 6.07 Å². The van der Waals surface area contributed by atoms with Crippen LogP contribution in [0.3, 0.4) is 0 Å². The number of aromatic amines is 1. The number of nitrogens with one attached hydrogen (secondary N) is 1. The van der Waals surface area contributed by atoms with Crippen molar-refractivity contribution in [2.45, 2.75) is 19.4 Å². The quantitative estimate of drug-likeness (QED) is 0.860. The maximum Gasteiger partial charge on any atom is 0.364 e. The van der Waals surface area contributed by atoms with E-state index in [2.05, 4.69) is 45.1 Å². The fraction of sp³-hybridized carbons (Fsp3) is 0.500. The van der Waals surface area contributed by atoms with Crippen molar-refractivity contribution in [1.82, 2.24) is 19.8 Å². The maximum absolute atomic E-state index is 11.4. The first-order chi connectivity index (χ1) is 7.95. The van der Waals surface area contributed by atoms with Crippen LogP contribution in [0, 0.1) is 0 Å². The van der Waals surface area contributed by atoms with Gasteiger partial charge in [-0.15, -0.1) is 5.10 Å². The molecule has 1 N–H and O–H groups in total. The number of aromatic nitrogens is 4. The summed E-state index contributed by atoms with van der Waals surface area (Å²) in [6, 6.07) is 3.61. The minimum Gasteiger partial charge on any atom is -0.352 e. The molecule has 0 aromatic carbocycles. The number of halogens is 1. The lowest BCUT2D eigenvalue weighted by atomic mass is 10.1. The van der Waals surface area contributed by atoms with E-state index in [9.17, 15) is 4.79 Å². The molecule has 2 rings (SSSR count). The van der Waals surface area contributed by atoms with Crippen molar-refractivity contribution >= 4 is 27.4 Å². The Bertz CT molecular complexity index is 588. The average molecular weight is 300 g/mol. The Hall–Kier alpha value is -1.37. The Morgan fingerprint density at radius 1 is 1.53 bits per heavy atom. The first-order valence-electron chi connectivity index (χ1n) is 5.20. The van der Waals surface area contributed by atoms with E-state index >= 15 is 0 Å². The lowest BCUT2D eigenvalue weighted by Crippen LogP contribution is -2.43. The molecule has 0 saturated carbocycles. The molecule has 0 aliphatic carbocycles. The summed E-state index contributed by atoms with van der Waals surface area (Å²) in [5.74, 6) is 0.727. The van der Waals surface area contributed by atoms with Gasteiger partial charge in [-0.25, -0.2) is 9.89 Å². The molecule has 17 heavy (non-hydrogen) atoms. The number of rotatable bonds is 3. The second-order valence-corrected chi connectivity index (χ2v) is 5.06. The van der Waals surface area contributed by atoms with Crippen LogP contribution in [0.5, 0.6) is 0 Å². The molecule has 2 aromatic rings. The van der Waals surface area contributed by atoms with Crippen molar-refractivity contribution in [3.63, 3.8) is 0 Å². The van der Waals surface area contributed by atoms with Gasteiger partial charge in [0.15, 0.2) is 5.65 Å². The second-order valence-electron chi connectivity index (χ2n) is 4.50. The van der Waals surface area contributed by atoms with E-state index < -0.39 is 0 Å². The number of anilines is 1. The molecule has 7 heteroatoms. The molecule has 0 amide bonds. The number of fused-ring (bicyclic) bond motifs is 1. The van der Waals surface area contributed by atoms with Crippen molar-refractivity contribution in [3.8, 4) is 0 Å². The Morgan fingerprint density at radius 2 is 2.24 bits per heavy atom. The van der Waals surface area contributed by atoms with Gasteiger partial charge in [0, 0.05) is 17.9 Å². The average Bonchev–Trinajstić information content (AvgIpc) is 2.69. The number of hydrogen-bond acceptors (Lipinski definition) is 4. The van der Waals surface area contributed by atoms with Crippen LogP contribution >= 0.6 is 15.9 Å². The van der Waals surface area contributed by atoms with Gasteiger partial charge in [0.25, 0.3) is 0 Å². The highest BCUT2D eigenvalue weighted by atomic mass is 79.9. The van der Waals surface area contributed by atoms with Crippen LogP contribution in [-0.4, -0.2) is 37.7 Å². The summed E-state index contributed by atoms with van der Waals surface area (Å²) < 4.78 is 1.26. The summed E-state index contributed by atoms with van der Waals surface area (Å²) in [4.78, 5) is 13.4. The highest BCUT2D eigenvalue weighted by Crippen LogP contribution is 2.21. The summed E-state index contributed by atoms with van der Waals surface area (Å²) in [6.45, 7) is 4.18. The van der Waals surface area contributed by atoms with E-state index in [0.717, 1.165) is 11.1 Å². The predicted octanol–water partition coefficient (Wildman–Crippen LogP) is 1.03. The molecule has 0 bridgehead atoms. The molecule has 6 nitrogen and oxygen atoms in total. The standard InChI is InChI=1S/C10H14BrN5O/c1-10(2,6-11)15(3)8-5-4-7-12-13-9(17)16(7)14-8/h4-5H,6H2,1-3H3,(H,13,17). The molecule has 92 valence electrons. The lowest BCUT2D eigenvalue weighted by molar-refractivity contribution is 0.543. The second kappa shape index (κ2) is 4.14.